The minimum atomic E-state index is -0.282. The molecule has 3 nitrogen and oxygen atoms in total. The zero-order valence-corrected chi connectivity index (χ0v) is 10.0. The summed E-state index contributed by atoms with van der Waals surface area (Å²) in [6.07, 6.45) is 0.484. The first kappa shape index (κ1) is 11.8. The third-order valence-corrected chi connectivity index (χ3v) is 2.58. The van der Waals surface area contributed by atoms with Crippen molar-refractivity contribution in [2.45, 2.75) is 32.4 Å². The van der Waals surface area contributed by atoms with Crippen molar-refractivity contribution >= 4 is 15.9 Å². The average molecular weight is 262 g/mol. The molecular formula is C10H16BrNO2. The summed E-state index contributed by atoms with van der Waals surface area (Å²) in [6.45, 7) is 4.56. The van der Waals surface area contributed by atoms with Crippen molar-refractivity contribution in [3.05, 3.63) is 22.6 Å². The third-order valence-electron chi connectivity index (χ3n) is 2.15. The van der Waals surface area contributed by atoms with Gasteiger partial charge in [-0.1, -0.05) is 6.92 Å². The van der Waals surface area contributed by atoms with Crippen molar-refractivity contribution in [2.24, 2.45) is 0 Å². The van der Waals surface area contributed by atoms with Gasteiger partial charge in [-0.25, -0.2) is 0 Å². The molecule has 1 aromatic rings. The molecule has 80 valence electrons. The van der Waals surface area contributed by atoms with E-state index in [1.807, 2.05) is 26.0 Å². The number of hydrogen-bond acceptors (Lipinski definition) is 3. The third kappa shape index (κ3) is 3.44. The summed E-state index contributed by atoms with van der Waals surface area (Å²) in [5.74, 6) is 0.875. The van der Waals surface area contributed by atoms with Gasteiger partial charge in [0.1, 0.15) is 5.76 Å². The monoisotopic (exact) mass is 261 g/mol. The second kappa shape index (κ2) is 5.53. The maximum atomic E-state index is 9.36. The Morgan fingerprint density at radius 2 is 2.29 bits per heavy atom. The Kier molecular flexibility index (Phi) is 4.65. The summed E-state index contributed by atoms with van der Waals surface area (Å²) in [7, 11) is 0. The van der Waals surface area contributed by atoms with Crippen LogP contribution in [-0.2, 0) is 0 Å². The molecule has 0 fully saturated rings. The normalized spacial score (nSPS) is 15.4. The molecule has 2 unspecified atom stereocenters. The summed E-state index contributed by atoms with van der Waals surface area (Å²) >= 11 is 3.25. The molecule has 0 saturated carbocycles. The van der Waals surface area contributed by atoms with E-state index in [1.54, 1.807) is 0 Å². The first-order chi connectivity index (χ1) is 6.63. The topological polar surface area (TPSA) is 45.4 Å². The van der Waals surface area contributed by atoms with E-state index in [0.717, 1.165) is 16.9 Å². The molecule has 0 bridgehead atoms. The van der Waals surface area contributed by atoms with E-state index in [9.17, 15) is 5.11 Å². The van der Waals surface area contributed by atoms with Gasteiger partial charge in [-0.15, -0.1) is 0 Å². The van der Waals surface area contributed by atoms with Crippen molar-refractivity contribution in [3.63, 3.8) is 0 Å². The molecule has 2 atom stereocenters. The predicted molar refractivity (Wildman–Crippen MR) is 59.1 cm³/mol. The van der Waals surface area contributed by atoms with Crippen LogP contribution in [-0.4, -0.2) is 17.8 Å². The van der Waals surface area contributed by atoms with Gasteiger partial charge >= 0.3 is 0 Å². The van der Waals surface area contributed by atoms with E-state index in [0.29, 0.717) is 6.54 Å². The SMILES string of the molecule is CCC(O)CNC(C)c1ccc(Br)o1. The molecular weight excluding hydrogens is 246 g/mol. The smallest absolute Gasteiger partial charge is 0.169 e. The maximum Gasteiger partial charge on any atom is 0.169 e. The molecule has 0 aliphatic heterocycles. The van der Waals surface area contributed by atoms with Crippen LogP contribution in [0.1, 0.15) is 32.1 Å². The predicted octanol–water partition coefficient (Wildman–Crippen LogP) is 2.46. The fourth-order valence-corrected chi connectivity index (χ4v) is 1.44. The number of rotatable bonds is 5. The van der Waals surface area contributed by atoms with Gasteiger partial charge in [0.15, 0.2) is 4.67 Å². The largest absolute Gasteiger partial charge is 0.453 e. The van der Waals surface area contributed by atoms with E-state index in [2.05, 4.69) is 21.2 Å². The maximum absolute atomic E-state index is 9.36. The molecule has 1 heterocycles. The van der Waals surface area contributed by atoms with Crippen LogP contribution in [0.2, 0.25) is 0 Å². The van der Waals surface area contributed by atoms with Crippen LogP contribution >= 0.6 is 15.9 Å². The standard InChI is InChI=1S/C10H16BrNO2/c1-3-8(13)6-12-7(2)9-4-5-10(11)14-9/h4-5,7-8,12-13H,3,6H2,1-2H3. The lowest BCUT2D eigenvalue weighted by atomic mass is 10.2. The number of aliphatic hydroxyl groups is 1. The lowest BCUT2D eigenvalue weighted by molar-refractivity contribution is 0.162. The fraction of sp³-hybridized carbons (Fsp3) is 0.600. The van der Waals surface area contributed by atoms with Crippen molar-refractivity contribution in [2.75, 3.05) is 6.54 Å². The van der Waals surface area contributed by atoms with Crippen LogP contribution in [0.25, 0.3) is 0 Å². The van der Waals surface area contributed by atoms with Gasteiger partial charge in [-0.2, -0.15) is 0 Å². The highest BCUT2D eigenvalue weighted by molar-refractivity contribution is 9.10. The van der Waals surface area contributed by atoms with E-state index in [-0.39, 0.29) is 12.1 Å². The highest BCUT2D eigenvalue weighted by atomic mass is 79.9. The van der Waals surface area contributed by atoms with Gasteiger partial charge in [0.2, 0.25) is 0 Å². The first-order valence-corrected chi connectivity index (χ1v) is 5.59. The zero-order chi connectivity index (χ0) is 10.6. The Balaban J connectivity index is 2.39. The van der Waals surface area contributed by atoms with Crippen molar-refractivity contribution in [1.29, 1.82) is 0 Å². The molecule has 0 aliphatic rings. The van der Waals surface area contributed by atoms with Gasteiger partial charge in [0.25, 0.3) is 0 Å². The van der Waals surface area contributed by atoms with Gasteiger partial charge < -0.3 is 14.8 Å². The summed E-state index contributed by atoms with van der Waals surface area (Å²) < 4.78 is 6.12. The number of furan rings is 1. The van der Waals surface area contributed by atoms with Gasteiger partial charge in [0.05, 0.1) is 12.1 Å². The van der Waals surface area contributed by atoms with Crippen LogP contribution in [0, 0.1) is 0 Å². The number of nitrogens with one attached hydrogen (secondary N) is 1. The number of halogens is 1. The molecule has 4 heteroatoms. The number of aliphatic hydroxyl groups excluding tert-OH is 1. The summed E-state index contributed by atoms with van der Waals surface area (Å²) in [6, 6.07) is 3.91. The fourth-order valence-electron chi connectivity index (χ4n) is 1.12. The van der Waals surface area contributed by atoms with Crippen LogP contribution in [0.4, 0.5) is 0 Å². The molecule has 0 aliphatic carbocycles. The quantitative estimate of drug-likeness (QED) is 0.856. The van der Waals surface area contributed by atoms with Gasteiger partial charge in [0, 0.05) is 6.54 Å². The summed E-state index contributed by atoms with van der Waals surface area (Å²) in [5.41, 5.74) is 0. The average Bonchev–Trinajstić information content (AvgIpc) is 2.60. The number of hydrogen-bond donors (Lipinski definition) is 2. The molecule has 0 saturated heterocycles. The Labute approximate surface area is 92.6 Å². The minimum Gasteiger partial charge on any atom is -0.453 e. The molecule has 1 aromatic heterocycles. The molecule has 2 N–H and O–H groups in total. The molecule has 0 spiro atoms. The van der Waals surface area contributed by atoms with E-state index >= 15 is 0 Å². The highest BCUT2D eigenvalue weighted by Gasteiger charge is 2.10. The first-order valence-electron chi connectivity index (χ1n) is 4.80. The zero-order valence-electron chi connectivity index (χ0n) is 8.46. The Morgan fingerprint density at radius 3 is 2.79 bits per heavy atom. The second-order valence-electron chi connectivity index (χ2n) is 3.33. The van der Waals surface area contributed by atoms with Crippen molar-refractivity contribution in [3.8, 4) is 0 Å². The van der Waals surface area contributed by atoms with E-state index < -0.39 is 0 Å². The molecule has 0 aromatic carbocycles. The highest BCUT2D eigenvalue weighted by Crippen LogP contribution is 2.19. The van der Waals surface area contributed by atoms with Crippen molar-refractivity contribution < 1.29 is 9.52 Å². The summed E-state index contributed by atoms with van der Waals surface area (Å²) in [5, 5.41) is 12.6. The Morgan fingerprint density at radius 1 is 1.57 bits per heavy atom. The molecule has 0 amide bonds. The molecule has 0 radical (unpaired) electrons. The Bertz CT molecular complexity index is 275. The second-order valence-corrected chi connectivity index (χ2v) is 4.12. The molecule has 1 rings (SSSR count). The minimum absolute atomic E-state index is 0.127. The lowest BCUT2D eigenvalue weighted by Crippen LogP contribution is -2.28. The van der Waals surface area contributed by atoms with Crippen LogP contribution in [0.15, 0.2) is 21.2 Å². The van der Waals surface area contributed by atoms with Crippen LogP contribution < -0.4 is 5.32 Å². The van der Waals surface area contributed by atoms with Crippen LogP contribution in [0.3, 0.4) is 0 Å². The summed E-state index contributed by atoms with van der Waals surface area (Å²) in [4.78, 5) is 0. The Hall–Kier alpha value is -0.320. The lowest BCUT2D eigenvalue weighted by Gasteiger charge is -2.13. The van der Waals surface area contributed by atoms with E-state index in [4.69, 9.17) is 4.42 Å². The van der Waals surface area contributed by atoms with Crippen LogP contribution in [0.5, 0.6) is 0 Å². The molecule has 14 heavy (non-hydrogen) atoms. The van der Waals surface area contributed by atoms with E-state index in [1.165, 1.54) is 0 Å². The van der Waals surface area contributed by atoms with Gasteiger partial charge in [-0.3, -0.25) is 0 Å². The van der Waals surface area contributed by atoms with Crippen molar-refractivity contribution in [1.82, 2.24) is 5.32 Å². The van der Waals surface area contributed by atoms with Gasteiger partial charge in [-0.05, 0) is 41.4 Å².